The van der Waals surface area contributed by atoms with Crippen molar-refractivity contribution in [2.45, 2.75) is 51.6 Å². The number of pyridine rings is 1. The molecule has 35 heavy (non-hydrogen) atoms. The highest BCUT2D eigenvalue weighted by molar-refractivity contribution is 5.87. The fourth-order valence-corrected chi connectivity index (χ4v) is 4.32. The summed E-state index contributed by atoms with van der Waals surface area (Å²) in [7, 11) is 1.55. The molecule has 2 N–H and O–H groups in total. The van der Waals surface area contributed by atoms with Crippen LogP contribution in [0.1, 0.15) is 39.0 Å². The monoisotopic (exact) mass is 482 g/mol. The lowest BCUT2D eigenvalue weighted by Crippen LogP contribution is -2.33. The zero-order valence-corrected chi connectivity index (χ0v) is 19.9. The van der Waals surface area contributed by atoms with Gasteiger partial charge in [-0.15, -0.1) is 10.2 Å². The summed E-state index contributed by atoms with van der Waals surface area (Å²) < 4.78 is 12.3. The highest BCUT2D eigenvalue weighted by Crippen LogP contribution is 2.29. The van der Waals surface area contributed by atoms with Crippen molar-refractivity contribution in [1.29, 1.82) is 0 Å². The zero-order valence-electron chi connectivity index (χ0n) is 19.9. The predicted octanol–water partition coefficient (Wildman–Crippen LogP) is 2.74. The maximum Gasteiger partial charge on any atom is 0.350 e. The molecule has 0 aromatic carbocycles. The summed E-state index contributed by atoms with van der Waals surface area (Å²) >= 11 is 0. The molecule has 2 atom stereocenters. The molecule has 3 aromatic heterocycles. The van der Waals surface area contributed by atoms with Gasteiger partial charge in [-0.1, -0.05) is 13.3 Å². The van der Waals surface area contributed by atoms with Crippen LogP contribution in [0.3, 0.4) is 0 Å². The van der Waals surface area contributed by atoms with Crippen LogP contribution >= 0.6 is 0 Å². The number of hydrogen-bond acceptors (Lipinski definition) is 9. The van der Waals surface area contributed by atoms with E-state index in [0.717, 1.165) is 24.8 Å². The van der Waals surface area contributed by atoms with E-state index in [9.17, 15) is 14.7 Å². The van der Waals surface area contributed by atoms with Crippen molar-refractivity contribution in [3.63, 3.8) is 0 Å². The summed E-state index contributed by atoms with van der Waals surface area (Å²) in [6.07, 6.45) is 5.23. The largest absolute Gasteiger partial charge is 0.481 e. The Morgan fingerprint density at radius 2 is 2.11 bits per heavy atom. The van der Waals surface area contributed by atoms with Crippen molar-refractivity contribution in [3.8, 4) is 17.1 Å². The molecule has 0 saturated heterocycles. The third-order valence-electron chi connectivity index (χ3n) is 6.14. The molecule has 3 heterocycles. The summed E-state index contributed by atoms with van der Waals surface area (Å²) in [5, 5.41) is 21.5. The van der Waals surface area contributed by atoms with E-state index in [0.29, 0.717) is 61.0 Å². The molecule has 11 nitrogen and oxygen atoms in total. The average Bonchev–Trinajstić information content (AvgIpc) is 2.88. The lowest BCUT2D eigenvalue weighted by Gasteiger charge is -2.28. The highest BCUT2D eigenvalue weighted by Gasteiger charge is 2.28. The maximum atomic E-state index is 13.0. The molecule has 11 heteroatoms. The van der Waals surface area contributed by atoms with Crippen LogP contribution in [0.4, 0.5) is 5.82 Å². The van der Waals surface area contributed by atoms with Crippen molar-refractivity contribution >= 4 is 22.8 Å². The molecule has 0 bridgehead atoms. The number of nitrogens with zero attached hydrogens (tertiary/aromatic N) is 5. The topological polar surface area (TPSA) is 141 Å². The number of carboxylic acid groups (broad SMARTS) is 1. The average molecular weight is 483 g/mol. The van der Waals surface area contributed by atoms with Crippen LogP contribution in [0.15, 0.2) is 29.2 Å². The molecule has 0 aliphatic heterocycles. The first kappa shape index (κ1) is 24.5. The second-order valence-corrected chi connectivity index (χ2v) is 8.60. The molecule has 4 rings (SSSR count). The molecular formula is C24H30N6O5. The van der Waals surface area contributed by atoms with Crippen LogP contribution in [0, 0.1) is 5.92 Å². The van der Waals surface area contributed by atoms with E-state index in [2.05, 4.69) is 25.5 Å². The summed E-state index contributed by atoms with van der Waals surface area (Å²) in [5.74, 6) is -0.410. The summed E-state index contributed by atoms with van der Waals surface area (Å²) in [4.78, 5) is 33.0. The van der Waals surface area contributed by atoms with Gasteiger partial charge in [0.2, 0.25) is 5.88 Å². The third kappa shape index (κ3) is 5.73. The Morgan fingerprint density at radius 1 is 1.26 bits per heavy atom. The van der Waals surface area contributed by atoms with Gasteiger partial charge >= 0.3 is 11.7 Å². The minimum Gasteiger partial charge on any atom is -0.481 e. The van der Waals surface area contributed by atoms with Crippen molar-refractivity contribution in [2.75, 3.05) is 25.6 Å². The second kappa shape index (κ2) is 11.2. The fraction of sp³-hybridized carbons (Fsp3) is 0.500. The van der Waals surface area contributed by atoms with Crippen molar-refractivity contribution in [2.24, 2.45) is 5.92 Å². The van der Waals surface area contributed by atoms with E-state index in [1.807, 2.05) is 13.0 Å². The molecule has 1 aliphatic carbocycles. The third-order valence-corrected chi connectivity index (χ3v) is 6.14. The Hall–Kier alpha value is -3.60. The quantitative estimate of drug-likeness (QED) is 0.414. The number of rotatable bonds is 10. The van der Waals surface area contributed by atoms with Gasteiger partial charge in [-0.2, -0.15) is 4.98 Å². The predicted molar refractivity (Wildman–Crippen MR) is 129 cm³/mol. The van der Waals surface area contributed by atoms with Gasteiger partial charge in [-0.3, -0.25) is 9.36 Å². The van der Waals surface area contributed by atoms with Crippen molar-refractivity contribution in [3.05, 3.63) is 34.9 Å². The Labute approximate surface area is 202 Å². The van der Waals surface area contributed by atoms with E-state index in [-0.39, 0.29) is 6.04 Å². The number of fused-ring (bicyclic) bond motifs is 1. The molecule has 1 fully saturated rings. The fourth-order valence-electron chi connectivity index (χ4n) is 4.32. The Bertz CT molecular complexity index is 1230. The number of anilines is 1. The van der Waals surface area contributed by atoms with Crippen LogP contribution in [-0.2, 0) is 16.1 Å². The number of ether oxygens (including phenoxy) is 2. The summed E-state index contributed by atoms with van der Waals surface area (Å²) in [5.41, 5.74) is 1.86. The number of carboxylic acids is 1. The molecular weight excluding hydrogens is 452 g/mol. The Balaban J connectivity index is 1.72. The second-order valence-electron chi connectivity index (χ2n) is 8.60. The van der Waals surface area contributed by atoms with Gasteiger partial charge in [0.15, 0.2) is 11.3 Å². The van der Waals surface area contributed by atoms with E-state index in [1.165, 1.54) is 4.57 Å². The van der Waals surface area contributed by atoms with Gasteiger partial charge in [-0.05, 0) is 37.8 Å². The standard InChI is InChI=1S/C24H30N6O5/c1-3-10-35-11-9-30-19-13-18(16-7-8-20(34-2)25-14-16)28-29-21(19)22(27-24(30)33)26-17-6-4-5-15(12-17)23(31)32/h7-8,13-15,17H,3-6,9-12H2,1-2H3,(H,31,32)(H,26,27,33). The molecule has 2 unspecified atom stereocenters. The normalized spacial score (nSPS) is 17.9. The van der Waals surface area contributed by atoms with Gasteiger partial charge in [-0.25, -0.2) is 9.78 Å². The molecule has 1 aliphatic rings. The maximum absolute atomic E-state index is 13.0. The van der Waals surface area contributed by atoms with Crippen LogP contribution in [0.2, 0.25) is 0 Å². The lowest BCUT2D eigenvalue weighted by atomic mass is 9.86. The van der Waals surface area contributed by atoms with Crippen molar-refractivity contribution in [1.82, 2.24) is 24.7 Å². The first-order valence-electron chi connectivity index (χ1n) is 11.9. The summed E-state index contributed by atoms with van der Waals surface area (Å²) in [6.45, 7) is 3.31. The highest BCUT2D eigenvalue weighted by atomic mass is 16.5. The van der Waals surface area contributed by atoms with Crippen molar-refractivity contribution < 1.29 is 19.4 Å². The van der Waals surface area contributed by atoms with E-state index >= 15 is 0 Å². The SMILES string of the molecule is CCCOCCn1c(=O)nc(NC2CCCC(C(=O)O)C2)c2nnc(-c3ccc(OC)nc3)cc21. The zero-order chi connectivity index (χ0) is 24.8. The van der Waals surface area contributed by atoms with Crippen LogP contribution in [-0.4, -0.2) is 62.2 Å². The van der Waals surface area contributed by atoms with Gasteiger partial charge in [0, 0.05) is 30.5 Å². The molecule has 0 amide bonds. The van der Waals surface area contributed by atoms with Gasteiger partial charge < -0.3 is 19.9 Å². The molecule has 186 valence electrons. The van der Waals surface area contributed by atoms with Gasteiger partial charge in [0.05, 0.1) is 37.4 Å². The molecule has 1 saturated carbocycles. The number of methoxy groups -OCH3 is 1. The first-order valence-corrected chi connectivity index (χ1v) is 11.9. The van der Waals surface area contributed by atoms with E-state index in [1.54, 1.807) is 25.4 Å². The van der Waals surface area contributed by atoms with E-state index < -0.39 is 17.6 Å². The minimum atomic E-state index is -0.797. The lowest BCUT2D eigenvalue weighted by molar-refractivity contribution is -0.142. The smallest absolute Gasteiger partial charge is 0.350 e. The number of nitrogens with one attached hydrogen (secondary N) is 1. The Morgan fingerprint density at radius 3 is 2.83 bits per heavy atom. The Kier molecular flexibility index (Phi) is 7.86. The number of hydrogen-bond donors (Lipinski definition) is 2. The number of aliphatic carboxylic acids is 1. The number of carbonyl (C=O) groups is 1. The van der Waals surface area contributed by atoms with Crippen LogP contribution in [0.25, 0.3) is 22.3 Å². The molecule has 3 aromatic rings. The van der Waals surface area contributed by atoms with Crippen LogP contribution in [0.5, 0.6) is 5.88 Å². The van der Waals surface area contributed by atoms with Gasteiger partial charge in [0.1, 0.15) is 0 Å². The molecule has 0 radical (unpaired) electrons. The molecule has 0 spiro atoms. The van der Waals surface area contributed by atoms with E-state index in [4.69, 9.17) is 9.47 Å². The van der Waals surface area contributed by atoms with Crippen LogP contribution < -0.4 is 15.7 Å². The minimum absolute atomic E-state index is 0.115. The first-order chi connectivity index (χ1) is 17.0. The van der Waals surface area contributed by atoms with Gasteiger partial charge in [0.25, 0.3) is 0 Å². The number of aromatic nitrogens is 5. The summed E-state index contributed by atoms with van der Waals surface area (Å²) in [6, 6.07) is 5.23.